The van der Waals surface area contributed by atoms with Crippen molar-refractivity contribution in [1.82, 2.24) is 24.8 Å². The quantitative estimate of drug-likeness (QED) is 0.785. The van der Waals surface area contributed by atoms with Crippen molar-refractivity contribution in [3.05, 3.63) is 48.2 Å². The maximum atomic E-state index is 12.4. The molecule has 0 saturated carbocycles. The summed E-state index contributed by atoms with van der Waals surface area (Å²) in [6, 6.07) is 3.64. The summed E-state index contributed by atoms with van der Waals surface area (Å²) in [5, 5.41) is 2.69. The minimum Gasteiger partial charge on any atom is -0.357 e. The Morgan fingerprint density at radius 2 is 1.93 bits per heavy atom. The fraction of sp³-hybridized carbons (Fsp3) is 0.263. The van der Waals surface area contributed by atoms with Crippen molar-refractivity contribution in [1.29, 1.82) is 0 Å². The standard InChI is InChI=1S/C19H18N6O3/c1-24-18(27)13-3-2-8-25(17(13)19(24)28)11-16(26)23-15-10-21-14(9-22-15)12-4-6-20-7-5-12/h4-7,9-10H,2-3,8,11H2,1H3,(H,22,23,26). The molecule has 0 aromatic carbocycles. The number of nitrogens with zero attached hydrogens (tertiary/aromatic N) is 5. The van der Waals surface area contributed by atoms with Crippen molar-refractivity contribution < 1.29 is 14.4 Å². The molecule has 2 aliphatic heterocycles. The number of likely N-dealkylation sites (N-methyl/N-ethyl adjacent to an activating group) is 1. The lowest BCUT2D eigenvalue weighted by atomic mass is 10.0. The lowest BCUT2D eigenvalue weighted by molar-refractivity contribution is -0.136. The van der Waals surface area contributed by atoms with Gasteiger partial charge in [0.05, 0.1) is 24.6 Å². The first kappa shape index (κ1) is 17.8. The van der Waals surface area contributed by atoms with Crippen molar-refractivity contribution in [3.63, 3.8) is 0 Å². The Morgan fingerprint density at radius 3 is 2.64 bits per heavy atom. The van der Waals surface area contributed by atoms with E-state index >= 15 is 0 Å². The average molecular weight is 378 g/mol. The first-order valence-electron chi connectivity index (χ1n) is 8.87. The van der Waals surface area contributed by atoms with Crippen LogP contribution in [0, 0.1) is 0 Å². The summed E-state index contributed by atoms with van der Waals surface area (Å²) in [5.74, 6) is -0.633. The van der Waals surface area contributed by atoms with Crippen LogP contribution < -0.4 is 5.32 Å². The Balaban J connectivity index is 1.43. The Hall–Kier alpha value is -3.62. The lowest BCUT2D eigenvalue weighted by Crippen LogP contribution is -2.38. The Labute approximate surface area is 161 Å². The normalized spacial score (nSPS) is 16.5. The molecule has 3 amide bonds. The number of hydrogen-bond acceptors (Lipinski definition) is 7. The summed E-state index contributed by atoms with van der Waals surface area (Å²) in [6.45, 7) is 0.519. The highest BCUT2D eigenvalue weighted by Gasteiger charge is 2.40. The molecule has 4 heterocycles. The van der Waals surface area contributed by atoms with Gasteiger partial charge in [-0.1, -0.05) is 0 Å². The van der Waals surface area contributed by atoms with Gasteiger partial charge in [0, 0.05) is 37.1 Å². The van der Waals surface area contributed by atoms with Gasteiger partial charge >= 0.3 is 0 Å². The highest BCUT2D eigenvalue weighted by atomic mass is 16.2. The number of amides is 3. The third-order valence-electron chi connectivity index (χ3n) is 4.76. The fourth-order valence-corrected chi connectivity index (χ4v) is 3.37. The lowest BCUT2D eigenvalue weighted by Gasteiger charge is -2.28. The van der Waals surface area contributed by atoms with Gasteiger partial charge in [-0.25, -0.2) is 4.98 Å². The highest BCUT2D eigenvalue weighted by molar-refractivity contribution is 6.19. The van der Waals surface area contributed by atoms with E-state index in [0.29, 0.717) is 35.7 Å². The van der Waals surface area contributed by atoms with Gasteiger partial charge in [0.2, 0.25) is 5.91 Å². The number of nitrogens with one attached hydrogen (secondary N) is 1. The largest absolute Gasteiger partial charge is 0.357 e. The van der Waals surface area contributed by atoms with Gasteiger partial charge in [-0.15, -0.1) is 0 Å². The highest BCUT2D eigenvalue weighted by Crippen LogP contribution is 2.30. The molecule has 0 radical (unpaired) electrons. The van der Waals surface area contributed by atoms with Crippen molar-refractivity contribution in [2.24, 2.45) is 0 Å². The second-order valence-electron chi connectivity index (χ2n) is 6.59. The average Bonchev–Trinajstić information content (AvgIpc) is 2.94. The van der Waals surface area contributed by atoms with Gasteiger partial charge in [-0.05, 0) is 25.0 Å². The van der Waals surface area contributed by atoms with E-state index in [1.54, 1.807) is 23.5 Å². The molecule has 2 aliphatic rings. The minimum absolute atomic E-state index is 0.0283. The van der Waals surface area contributed by atoms with Crippen LogP contribution in [0.4, 0.5) is 5.82 Å². The predicted octanol–water partition coefficient (Wildman–Crippen LogP) is 0.826. The number of pyridine rings is 1. The molecule has 0 bridgehead atoms. The molecule has 28 heavy (non-hydrogen) atoms. The molecule has 0 aliphatic carbocycles. The second kappa shape index (κ2) is 7.18. The van der Waals surface area contributed by atoms with Gasteiger partial charge in [-0.3, -0.25) is 29.3 Å². The molecule has 0 atom stereocenters. The summed E-state index contributed by atoms with van der Waals surface area (Å²) < 4.78 is 0. The predicted molar refractivity (Wildman–Crippen MR) is 99.5 cm³/mol. The molecular formula is C19H18N6O3. The molecule has 9 nitrogen and oxygen atoms in total. The molecule has 0 fully saturated rings. The molecule has 0 spiro atoms. The molecule has 1 N–H and O–H groups in total. The zero-order valence-corrected chi connectivity index (χ0v) is 15.3. The molecule has 4 rings (SSSR count). The zero-order chi connectivity index (χ0) is 19.7. The molecular weight excluding hydrogens is 360 g/mol. The van der Waals surface area contributed by atoms with E-state index in [1.165, 1.54) is 13.2 Å². The molecule has 2 aromatic heterocycles. The van der Waals surface area contributed by atoms with E-state index in [1.807, 2.05) is 12.1 Å². The van der Waals surface area contributed by atoms with Crippen molar-refractivity contribution >= 4 is 23.5 Å². The number of anilines is 1. The van der Waals surface area contributed by atoms with Gasteiger partial charge in [0.15, 0.2) is 5.82 Å². The Bertz CT molecular complexity index is 971. The van der Waals surface area contributed by atoms with E-state index in [9.17, 15) is 14.4 Å². The number of hydrogen-bond donors (Lipinski definition) is 1. The second-order valence-corrected chi connectivity index (χ2v) is 6.59. The van der Waals surface area contributed by atoms with Crippen molar-refractivity contribution in [2.45, 2.75) is 12.8 Å². The third-order valence-corrected chi connectivity index (χ3v) is 4.76. The summed E-state index contributed by atoms with van der Waals surface area (Å²) in [5.41, 5.74) is 2.38. The van der Waals surface area contributed by atoms with Gasteiger partial charge in [0.1, 0.15) is 5.70 Å². The molecule has 0 unspecified atom stereocenters. The monoisotopic (exact) mass is 378 g/mol. The van der Waals surface area contributed by atoms with E-state index in [0.717, 1.165) is 16.9 Å². The van der Waals surface area contributed by atoms with Crippen molar-refractivity contribution in [2.75, 3.05) is 25.5 Å². The van der Waals surface area contributed by atoms with Crippen LogP contribution in [0.3, 0.4) is 0 Å². The number of imide groups is 1. The number of rotatable bonds is 4. The number of aromatic nitrogens is 3. The SMILES string of the molecule is CN1C(=O)C2=C(C1=O)N(CC(=O)Nc1cnc(-c3ccncc3)cn1)CCC2. The van der Waals surface area contributed by atoms with Crippen LogP contribution >= 0.6 is 0 Å². The van der Waals surface area contributed by atoms with Gasteiger partial charge in [0.25, 0.3) is 11.8 Å². The van der Waals surface area contributed by atoms with E-state index in [2.05, 4.69) is 20.3 Å². The Morgan fingerprint density at radius 1 is 1.14 bits per heavy atom. The molecule has 142 valence electrons. The summed E-state index contributed by atoms with van der Waals surface area (Å²) >= 11 is 0. The smallest absolute Gasteiger partial charge is 0.277 e. The van der Waals surface area contributed by atoms with Crippen LogP contribution in [-0.4, -0.2) is 62.6 Å². The Kier molecular flexibility index (Phi) is 4.56. The summed E-state index contributed by atoms with van der Waals surface area (Å²) in [7, 11) is 1.46. The minimum atomic E-state index is -0.353. The van der Waals surface area contributed by atoms with E-state index in [4.69, 9.17) is 0 Å². The third kappa shape index (κ3) is 3.22. The van der Waals surface area contributed by atoms with Gasteiger partial charge < -0.3 is 10.2 Å². The van der Waals surface area contributed by atoms with Crippen LogP contribution in [0.2, 0.25) is 0 Å². The van der Waals surface area contributed by atoms with E-state index in [-0.39, 0.29) is 24.3 Å². The summed E-state index contributed by atoms with van der Waals surface area (Å²) in [6.07, 6.45) is 7.67. The molecule has 0 saturated heterocycles. The first-order chi connectivity index (χ1) is 13.5. The molecule has 2 aromatic rings. The van der Waals surface area contributed by atoms with Crippen LogP contribution in [0.15, 0.2) is 48.2 Å². The van der Waals surface area contributed by atoms with Gasteiger partial charge in [-0.2, -0.15) is 0 Å². The maximum Gasteiger partial charge on any atom is 0.277 e. The maximum absolute atomic E-state index is 12.4. The first-order valence-corrected chi connectivity index (χ1v) is 8.87. The zero-order valence-electron chi connectivity index (χ0n) is 15.3. The van der Waals surface area contributed by atoms with Crippen LogP contribution in [0.5, 0.6) is 0 Å². The number of carbonyl (C=O) groups is 3. The number of carbonyl (C=O) groups excluding carboxylic acids is 3. The molecule has 9 heteroatoms. The van der Waals surface area contributed by atoms with Crippen LogP contribution in [0.25, 0.3) is 11.3 Å². The topological polar surface area (TPSA) is 108 Å². The van der Waals surface area contributed by atoms with Crippen LogP contribution in [0.1, 0.15) is 12.8 Å². The fourth-order valence-electron chi connectivity index (χ4n) is 3.37. The van der Waals surface area contributed by atoms with E-state index < -0.39 is 0 Å². The summed E-state index contributed by atoms with van der Waals surface area (Å²) in [4.78, 5) is 52.1. The van der Waals surface area contributed by atoms with Crippen LogP contribution in [-0.2, 0) is 14.4 Å². The van der Waals surface area contributed by atoms with Crippen molar-refractivity contribution in [3.8, 4) is 11.3 Å².